The molecule has 17 nitrogen and oxygen atoms in total. The van der Waals surface area contributed by atoms with E-state index in [1.54, 1.807) is 48.5 Å². The van der Waals surface area contributed by atoms with Crippen LogP contribution in [0.3, 0.4) is 0 Å². The van der Waals surface area contributed by atoms with Crippen LogP contribution in [0.4, 0.5) is 11.6 Å². The van der Waals surface area contributed by atoms with Gasteiger partial charge in [0.25, 0.3) is 0 Å². The monoisotopic (exact) mass is 1220 g/mol. The average molecular weight is 1220 g/mol. The van der Waals surface area contributed by atoms with Crippen LogP contribution in [0.15, 0.2) is 150 Å². The third kappa shape index (κ3) is 18.6. The summed E-state index contributed by atoms with van der Waals surface area (Å²) in [6.07, 6.45) is 18.7. The smallest absolute Gasteiger partial charge is 0.870 e. The molecule has 3 aliphatic rings. The van der Waals surface area contributed by atoms with E-state index in [1.165, 1.54) is 84.8 Å². The van der Waals surface area contributed by atoms with E-state index >= 15 is 0 Å². The van der Waals surface area contributed by atoms with Gasteiger partial charge in [0.2, 0.25) is 0 Å². The minimum Gasteiger partial charge on any atom is -0.870 e. The Morgan fingerprint density at radius 2 is 0.788 bits per heavy atom. The van der Waals surface area contributed by atoms with Crippen LogP contribution in [0.5, 0.6) is 0 Å². The van der Waals surface area contributed by atoms with E-state index in [-0.39, 0.29) is 52.5 Å². The fourth-order valence-electron chi connectivity index (χ4n) is 10.4. The zero-order chi connectivity index (χ0) is 58.5. The van der Waals surface area contributed by atoms with E-state index in [1.807, 2.05) is 97.1 Å². The molecule has 0 aliphatic heterocycles. The van der Waals surface area contributed by atoms with E-state index in [0.717, 1.165) is 89.2 Å². The van der Waals surface area contributed by atoms with Gasteiger partial charge in [0.15, 0.2) is 11.6 Å². The summed E-state index contributed by atoms with van der Waals surface area (Å²) in [6.45, 7) is 0. The van der Waals surface area contributed by atoms with Crippen LogP contribution in [-0.4, -0.2) is 103 Å². The predicted molar refractivity (Wildman–Crippen MR) is 334 cm³/mol. The van der Waals surface area contributed by atoms with Crippen molar-refractivity contribution < 1.29 is 69.1 Å². The Balaban J connectivity index is 0.000000189. The van der Waals surface area contributed by atoms with Gasteiger partial charge in [-0.05, 0) is 109 Å². The first-order valence-electron chi connectivity index (χ1n) is 28.4. The van der Waals surface area contributed by atoms with Crippen molar-refractivity contribution in [2.24, 2.45) is 5.73 Å². The summed E-state index contributed by atoms with van der Waals surface area (Å²) >= 11 is 3.44. The molecule has 0 saturated heterocycles. The van der Waals surface area contributed by atoms with Crippen LogP contribution in [0.2, 0.25) is 0 Å². The molecule has 0 atom stereocenters. The van der Waals surface area contributed by atoms with E-state index in [9.17, 15) is 19.5 Å². The third-order valence-corrected chi connectivity index (χ3v) is 15.3. The number of halogens is 1. The van der Waals surface area contributed by atoms with Crippen LogP contribution in [0, 0.1) is 0 Å². The normalized spacial score (nSPS) is 14.1. The molecule has 12 rings (SSSR count). The Morgan fingerprint density at radius 3 is 1.14 bits per heavy atom. The van der Waals surface area contributed by atoms with Crippen molar-refractivity contribution in [1.82, 2.24) is 29.9 Å². The summed E-state index contributed by atoms with van der Waals surface area (Å²) in [6, 6.07) is 46.6. The van der Waals surface area contributed by atoms with Crippen molar-refractivity contribution in [2.45, 2.75) is 114 Å². The zero-order valence-electron chi connectivity index (χ0n) is 48.7. The number of esters is 2. The number of fused-ring (bicyclic) bond motifs is 3. The number of methoxy groups -OCH3 is 2. The molecular weight excluding hydrogens is 1150 g/mol. The summed E-state index contributed by atoms with van der Waals surface area (Å²) < 4.78 is 10.2. The number of hydrogen-bond donors (Lipinski definition) is 5. The molecule has 85 heavy (non-hydrogen) atoms. The number of carbonyl (C=O) groups excluding carboxylic acids is 2. The summed E-state index contributed by atoms with van der Waals surface area (Å²) in [4.78, 5) is 63.0. The number of nitrogens with zero attached hydrogens (tertiary/aromatic N) is 6. The van der Waals surface area contributed by atoms with Gasteiger partial charge < -0.3 is 41.5 Å². The number of nitrogens with one attached hydrogen (secondary N) is 2. The summed E-state index contributed by atoms with van der Waals surface area (Å²) in [5, 5.41) is 23.4. The van der Waals surface area contributed by atoms with Gasteiger partial charge in [0, 0.05) is 41.9 Å². The van der Waals surface area contributed by atoms with Gasteiger partial charge in [-0.15, -0.1) is 0 Å². The number of carbonyl (C=O) groups is 3. The number of nitrogens with two attached hydrogens (primary N) is 1. The molecule has 3 fully saturated rings. The number of aromatic nitrogens is 6. The molecule has 7 N–H and O–H groups in total. The van der Waals surface area contributed by atoms with Crippen LogP contribution >= 0.6 is 15.9 Å². The van der Waals surface area contributed by atoms with Crippen LogP contribution in [-0.2, 0) is 9.47 Å². The van der Waals surface area contributed by atoms with Crippen LogP contribution < -0.4 is 45.9 Å². The van der Waals surface area contributed by atoms with Crippen molar-refractivity contribution in [3.8, 4) is 33.8 Å². The molecule has 0 amide bonds. The third-order valence-electron chi connectivity index (χ3n) is 14.7. The quantitative estimate of drug-likeness (QED) is 0.0629. The maximum absolute atomic E-state index is 11.9. The molecule has 0 spiro atoms. The Labute approximate surface area is 526 Å². The summed E-state index contributed by atoms with van der Waals surface area (Å²) in [7, 11) is 3.74. The van der Waals surface area contributed by atoms with Crippen molar-refractivity contribution in [3.05, 3.63) is 167 Å². The second-order valence-corrected chi connectivity index (χ2v) is 21.3. The molecule has 0 unspecified atom stereocenters. The maximum Gasteiger partial charge on any atom is 1.00 e. The number of rotatable bonds is 10. The van der Waals surface area contributed by atoms with Gasteiger partial charge in [0.05, 0.1) is 64.0 Å². The minimum absolute atomic E-state index is 0. The second kappa shape index (κ2) is 34.0. The largest absolute Gasteiger partial charge is 1.00 e. The van der Waals surface area contributed by atoms with Gasteiger partial charge in [0.1, 0.15) is 21.7 Å². The SMILES string of the molecule is CO.COC(=O)c1ccc2nc(-c3ccccc3)c(Br)nc2c1.COC(=O)c1ccc2nc(-c3ccccc3)c(NC3CCCCC3)nc2c1.NC1CCCCC1.O=C(O)c1ccc2nc(-c3ccccc3)c(NC3CCCCC3)nc2c1.[Na+].[OH-]. The number of hydrogen-bond acceptors (Lipinski definition) is 16. The van der Waals surface area contributed by atoms with Crippen molar-refractivity contribution in [3.63, 3.8) is 0 Å². The Hall–Kier alpha value is -7.29. The zero-order valence-corrected chi connectivity index (χ0v) is 52.3. The Bertz CT molecular complexity index is 3590. The molecule has 0 bridgehead atoms. The molecule has 6 aromatic carbocycles. The van der Waals surface area contributed by atoms with Crippen LogP contribution in [0.1, 0.15) is 127 Å². The fraction of sp³-hybridized carbons (Fsp3) is 0.318. The van der Waals surface area contributed by atoms with Crippen molar-refractivity contribution in [1.29, 1.82) is 0 Å². The summed E-state index contributed by atoms with van der Waals surface area (Å²) in [5.74, 6) is -0.196. The molecule has 3 aromatic heterocycles. The second-order valence-electron chi connectivity index (χ2n) is 20.6. The summed E-state index contributed by atoms with van der Waals surface area (Å²) in [5.41, 5.74) is 16.4. The molecule has 438 valence electrons. The topological polar surface area (TPSA) is 268 Å². The molecule has 9 aromatic rings. The first-order chi connectivity index (χ1) is 40.5. The number of carboxylic acids is 1. The van der Waals surface area contributed by atoms with Crippen LogP contribution in [0.25, 0.3) is 66.9 Å². The van der Waals surface area contributed by atoms with E-state index in [0.29, 0.717) is 55.9 Å². The number of benzene rings is 6. The minimum atomic E-state index is -0.956. The van der Waals surface area contributed by atoms with Gasteiger partial charge >= 0.3 is 47.5 Å². The standard InChI is InChI=1S/C22H23N3O2.C21H21N3O2.C16H11BrN2O2.C6H13N.CH4O.Na.H2O/c1-27-22(26)16-12-13-18-19(14-16)25-21(23-17-10-6-3-7-11-17)20(24-18)15-8-4-2-5-9-15;25-21(26)15-11-12-17-18(13-15)24-20(22-16-9-5-2-6-10-16)19(23-17)14-7-3-1-4-8-14;1-21-16(20)11-7-8-12-13(9-11)19-15(17)14(18-12)10-5-3-2-4-6-10;7-6-4-2-1-3-5-6;1-2;;/h2,4-5,8-9,12-14,17H,3,6-7,10-11H2,1H3,(H,23,25);1,3-4,7-8,11-13,16H,2,5-6,9-10H2,(H,22,24)(H,25,26);2-9H,1H3;6H,1-5,7H2;2H,1H3;;1H2/q;;;;;+1;/p-1. The van der Waals surface area contributed by atoms with E-state index in [4.69, 9.17) is 40.2 Å². The van der Waals surface area contributed by atoms with Crippen molar-refractivity contribution >= 4 is 78.6 Å². The number of ether oxygens (including phenoxy) is 2. The molecule has 3 saturated carbocycles. The van der Waals surface area contributed by atoms with E-state index < -0.39 is 5.97 Å². The Kier molecular flexibility index (Phi) is 26.7. The fourth-order valence-corrected chi connectivity index (χ4v) is 10.9. The molecule has 19 heteroatoms. The Morgan fingerprint density at radius 1 is 0.459 bits per heavy atom. The van der Waals surface area contributed by atoms with Gasteiger partial charge in [-0.1, -0.05) is 149 Å². The number of aromatic carboxylic acids is 1. The molecule has 3 aliphatic carbocycles. The number of aliphatic hydroxyl groups excluding tert-OH is 1. The van der Waals surface area contributed by atoms with Crippen molar-refractivity contribution in [2.75, 3.05) is 32.0 Å². The van der Waals surface area contributed by atoms with E-state index in [2.05, 4.69) is 36.5 Å². The molecular formula is C66H73BrN9NaO8. The number of anilines is 2. The molecule has 0 radical (unpaired) electrons. The molecule has 3 heterocycles. The number of carboxylic acid groups (broad SMARTS) is 1. The maximum atomic E-state index is 11.9. The first kappa shape index (κ1) is 66.8. The first-order valence-corrected chi connectivity index (χ1v) is 29.2. The van der Waals surface area contributed by atoms with Gasteiger partial charge in [-0.25, -0.2) is 44.3 Å². The average Bonchev–Trinajstić information content (AvgIpc) is 3.68. The number of aliphatic hydroxyl groups is 1. The van der Waals surface area contributed by atoms with Gasteiger partial charge in [-0.2, -0.15) is 0 Å². The van der Waals surface area contributed by atoms with Gasteiger partial charge in [-0.3, -0.25) is 0 Å². The predicted octanol–water partition coefficient (Wildman–Crippen LogP) is 11.1.